The Labute approximate surface area is 130 Å². The Morgan fingerprint density at radius 2 is 2.10 bits per heavy atom. The van der Waals surface area contributed by atoms with Gasteiger partial charge in [0.25, 0.3) is 5.91 Å². The number of nitrogens with zero attached hydrogens (tertiary/aromatic N) is 1. The summed E-state index contributed by atoms with van der Waals surface area (Å²) in [5.41, 5.74) is 0.507. The van der Waals surface area contributed by atoms with Gasteiger partial charge in [-0.05, 0) is 53.9 Å². The first kappa shape index (κ1) is 15.3. The Hall–Kier alpha value is -1.07. The van der Waals surface area contributed by atoms with Gasteiger partial charge in [0.05, 0.1) is 11.5 Å². The molecule has 108 valence electrons. The molecule has 1 heterocycles. The summed E-state index contributed by atoms with van der Waals surface area (Å²) in [6, 6.07) is 5.02. The zero-order chi connectivity index (χ0) is 14.9. The number of carboxylic acids is 1. The molecule has 6 heteroatoms. The van der Waals surface area contributed by atoms with Crippen molar-refractivity contribution in [2.45, 2.75) is 25.8 Å². The summed E-state index contributed by atoms with van der Waals surface area (Å²) in [7, 11) is 0. The van der Waals surface area contributed by atoms with E-state index in [0.29, 0.717) is 27.9 Å². The van der Waals surface area contributed by atoms with Crippen LogP contribution in [0.3, 0.4) is 0 Å². The van der Waals surface area contributed by atoms with Crippen molar-refractivity contribution in [1.82, 2.24) is 4.90 Å². The lowest BCUT2D eigenvalue weighted by Crippen LogP contribution is -2.47. The monoisotopic (exact) mass is 359 g/mol. The zero-order valence-electron chi connectivity index (χ0n) is 11.0. The van der Waals surface area contributed by atoms with E-state index in [1.54, 1.807) is 23.1 Å². The predicted molar refractivity (Wildman–Crippen MR) is 80.0 cm³/mol. The van der Waals surface area contributed by atoms with Gasteiger partial charge in [0.15, 0.2) is 0 Å². The fraction of sp³-hybridized carbons (Fsp3) is 0.429. The highest BCUT2D eigenvalue weighted by Gasteiger charge is 2.33. The van der Waals surface area contributed by atoms with Crippen molar-refractivity contribution >= 4 is 39.4 Å². The van der Waals surface area contributed by atoms with Crippen molar-refractivity contribution in [3.63, 3.8) is 0 Å². The van der Waals surface area contributed by atoms with Gasteiger partial charge in [-0.1, -0.05) is 11.6 Å². The molecule has 0 spiro atoms. The lowest BCUT2D eigenvalue weighted by atomic mass is 9.93. The molecular formula is C14H15BrClNO3. The summed E-state index contributed by atoms with van der Waals surface area (Å²) in [6.45, 7) is 2.20. The number of carboxylic acid groups (broad SMARTS) is 1. The molecule has 0 aromatic heterocycles. The van der Waals surface area contributed by atoms with Crippen LogP contribution in [0.1, 0.15) is 30.1 Å². The minimum Gasteiger partial charge on any atom is -0.481 e. The first-order chi connectivity index (χ1) is 9.40. The highest BCUT2D eigenvalue weighted by atomic mass is 79.9. The van der Waals surface area contributed by atoms with E-state index < -0.39 is 11.9 Å². The van der Waals surface area contributed by atoms with Gasteiger partial charge < -0.3 is 10.0 Å². The Morgan fingerprint density at radius 3 is 2.70 bits per heavy atom. The third-order valence-electron chi connectivity index (χ3n) is 3.65. The van der Waals surface area contributed by atoms with Crippen LogP contribution in [0.4, 0.5) is 0 Å². The standard InChI is InChI=1S/C14H15BrClNO3/c1-8-2-3-9(14(19)20)7-17(8)13(18)11-5-4-10(16)6-12(11)15/h4-6,8-9H,2-3,7H2,1H3,(H,19,20). The SMILES string of the molecule is CC1CCC(C(=O)O)CN1C(=O)c1ccc(Cl)cc1Br. The van der Waals surface area contributed by atoms with Crippen molar-refractivity contribution in [2.75, 3.05) is 6.54 Å². The smallest absolute Gasteiger partial charge is 0.308 e. The van der Waals surface area contributed by atoms with Gasteiger partial charge in [0, 0.05) is 22.1 Å². The maximum absolute atomic E-state index is 12.6. The molecule has 1 N–H and O–H groups in total. The molecule has 0 saturated carbocycles. The van der Waals surface area contributed by atoms with Crippen molar-refractivity contribution in [3.05, 3.63) is 33.3 Å². The maximum Gasteiger partial charge on any atom is 0.308 e. The average molecular weight is 361 g/mol. The number of hydrogen-bond donors (Lipinski definition) is 1. The van der Waals surface area contributed by atoms with Crippen LogP contribution in [0.5, 0.6) is 0 Å². The van der Waals surface area contributed by atoms with Crippen molar-refractivity contribution < 1.29 is 14.7 Å². The Kier molecular flexibility index (Phi) is 4.70. The molecular weight excluding hydrogens is 346 g/mol. The summed E-state index contributed by atoms with van der Waals surface area (Å²) < 4.78 is 0.625. The van der Waals surface area contributed by atoms with Gasteiger partial charge in [0.2, 0.25) is 0 Å². The Bertz CT molecular complexity index is 549. The summed E-state index contributed by atoms with van der Waals surface area (Å²) in [5, 5.41) is 9.67. The van der Waals surface area contributed by atoms with Gasteiger partial charge in [-0.3, -0.25) is 9.59 Å². The Balaban J connectivity index is 2.24. The molecule has 0 radical (unpaired) electrons. The highest BCUT2D eigenvalue weighted by molar-refractivity contribution is 9.10. The molecule has 2 unspecified atom stereocenters. The number of benzene rings is 1. The molecule has 1 amide bonds. The molecule has 4 nitrogen and oxygen atoms in total. The number of halogens is 2. The fourth-order valence-electron chi connectivity index (χ4n) is 2.41. The van der Waals surface area contributed by atoms with E-state index in [1.807, 2.05) is 6.92 Å². The molecule has 1 aromatic rings. The first-order valence-corrected chi connectivity index (χ1v) is 7.56. The molecule has 1 aromatic carbocycles. The molecule has 1 saturated heterocycles. The minimum atomic E-state index is -0.843. The highest BCUT2D eigenvalue weighted by Crippen LogP contribution is 2.27. The van der Waals surface area contributed by atoms with Gasteiger partial charge in [-0.2, -0.15) is 0 Å². The van der Waals surface area contributed by atoms with E-state index in [-0.39, 0.29) is 18.5 Å². The summed E-state index contributed by atoms with van der Waals surface area (Å²) >= 11 is 9.20. The average Bonchev–Trinajstić information content (AvgIpc) is 2.38. The molecule has 1 aliphatic rings. The number of carbonyl (C=O) groups is 2. The number of likely N-dealkylation sites (tertiary alicyclic amines) is 1. The minimum absolute atomic E-state index is 0.0423. The van der Waals surface area contributed by atoms with Gasteiger partial charge in [-0.25, -0.2) is 0 Å². The van der Waals surface area contributed by atoms with E-state index in [2.05, 4.69) is 15.9 Å². The van der Waals surface area contributed by atoms with E-state index in [4.69, 9.17) is 16.7 Å². The van der Waals surface area contributed by atoms with Crippen LogP contribution >= 0.6 is 27.5 Å². The molecule has 2 atom stereocenters. The third-order valence-corrected chi connectivity index (χ3v) is 4.54. The molecule has 2 rings (SSSR count). The second kappa shape index (κ2) is 6.14. The summed E-state index contributed by atoms with van der Waals surface area (Å²) in [6.07, 6.45) is 1.32. The number of piperidine rings is 1. The van der Waals surface area contributed by atoms with Crippen molar-refractivity contribution in [2.24, 2.45) is 5.92 Å². The maximum atomic E-state index is 12.6. The number of hydrogen-bond acceptors (Lipinski definition) is 2. The van der Waals surface area contributed by atoms with Crippen LogP contribution in [0.15, 0.2) is 22.7 Å². The number of rotatable bonds is 2. The third kappa shape index (κ3) is 3.15. The second-order valence-corrected chi connectivity index (χ2v) is 6.33. The van der Waals surface area contributed by atoms with Crippen LogP contribution in [-0.4, -0.2) is 34.5 Å². The van der Waals surface area contributed by atoms with Crippen LogP contribution in [-0.2, 0) is 4.79 Å². The van der Waals surface area contributed by atoms with Crippen LogP contribution < -0.4 is 0 Å². The van der Waals surface area contributed by atoms with Crippen molar-refractivity contribution in [3.8, 4) is 0 Å². The predicted octanol–water partition coefficient (Wildman–Crippen LogP) is 3.43. The van der Waals surface area contributed by atoms with E-state index >= 15 is 0 Å². The van der Waals surface area contributed by atoms with E-state index in [9.17, 15) is 9.59 Å². The van der Waals surface area contributed by atoms with E-state index in [1.165, 1.54) is 0 Å². The Morgan fingerprint density at radius 1 is 1.40 bits per heavy atom. The molecule has 1 fully saturated rings. The van der Waals surface area contributed by atoms with Crippen LogP contribution in [0.2, 0.25) is 5.02 Å². The summed E-state index contributed by atoms with van der Waals surface area (Å²) in [5.74, 6) is -1.49. The topological polar surface area (TPSA) is 57.6 Å². The lowest BCUT2D eigenvalue weighted by Gasteiger charge is -2.36. The molecule has 1 aliphatic heterocycles. The van der Waals surface area contributed by atoms with Gasteiger partial charge in [-0.15, -0.1) is 0 Å². The molecule has 0 aliphatic carbocycles. The van der Waals surface area contributed by atoms with Crippen molar-refractivity contribution in [1.29, 1.82) is 0 Å². The van der Waals surface area contributed by atoms with Gasteiger partial charge >= 0.3 is 5.97 Å². The number of amides is 1. The first-order valence-electron chi connectivity index (χ1n) is 6.39. The quantitative estimate of drug-likeness (QED) is 0.879. The summed E-state index contributed by atoms with van der Waals surface area (Å²) in [4.78, 5) is 25.3. The normalized spacial score (nSPS) is 22.6. The van der Waals surface area contributed by atoms with Gasteiger partial charge in [0.1, 0.15) is 0 Å². The number of aliphatic carboxylic acids is 1. The van der Waals surface area contributed by atoms with Crippen LogP contribution in [0.25, 0.3) is 0 Å². The van der Waals surface area contributed by atoms with Crippen LogP contribution in [0, 0.1) is 5.92 Å². The second-order valence-electron chi connectivity index (χ2n) is 5.04. The molecule has 0 bridgehead atoms. The lowest BCUT2D eigenvalue weighted by molar-refractivity contribution is -0.143. The fourth-order valence-corrected chi connectivity index (χ4v) is 3.26. The van der Waals surface area contributed by atoms with E-state index in [0.717, 1.165) is 0 Å². The molecule has 20 heavy (non-hydrogen) atoms. The zero-order valence-corrected chi connectivity index (χ0v) is 13.3. The largest absolute Gasteiger partial charge is 0.481 e. The number of carbonyl (C=O) groups excluding carboxylic acids is 1.